The minimum Gasteiger partial charge on any atom is -0.459 e. The number of aryl methyl sites for hydroxylation is 1. The summed E-state index contributed by atoms with van der Waals surface area (Å²) in [5.41, 5.74) is -0.273. The van der Waals surface area contributed by atoms with Crippen molar-refractivity contribution in [1.82, 2.24) is 4.90 Å². The van der Waals surface area contributed by atoms with Gasteiger partial charge in [0.2, 0.25) is 0 Å². The molecule has 0 radical (unpaired) electrons. The van der Waals surface area contributed by atoms with Crippen LogP contribution in [-0.2, 0) is 25.7 Å². The van der Waals surface area contributed by atoms with Crippen molar-refractivity contribution in [3.8, 4) is 0 Å². The lowest BCUT2D eigenvalue weighted by atomic mass is 9.97. The molecule has 5 rings (SSSR count). The topological polar surface area (TPSA) is 70.2 Å². The van der Waals surface area contributed by atoms with E-state index in [1.54, 1.807) is 36.4 Å². The number of anilines is 2. The number of carbonyl (C=O) groups excluding carboxylic acids is 1. The molecule has 0 saturated carbocycles. The molecule has 12 heteroatoms. The molecule has 0 aromatic heterocycles. The highest BCUT2D eigenvalue weighted by Gasteiger charge is 2.46. The smallest absolute Gasteiger partial charge is 0.417 e. The van der Waals surface area contributed by atoms with Crippen LogP contribution in [0.25, 0.3) is 12.2 Å². The molecule has 0 bridgehead atoms. The molecule has 47 heavy (non-hydrogen) atoms. The predicted octanol–water partition coefficient (Wildman–Crippen LogP) is 7.66. The van der Waals surface area contributed by atoms with Crippen LogP contribution in [0.5, 0.6) is 0 Å². The number of benzene rings is 3. The lowest BCUT2D eigenvalue weighted by molar-refractivity contribution is -0.168. The van der Waals surface area contributed by atoms with Crippen LogP contribution in [0.4, 0.5) is 24.5 Å². The molecule has 3 aromatic carbocycles. The Balaban J connectivity index is 1.55. The quantitative estimate of drug-likeness (QED) is 0.196. The molecule has 1 fully saturated rings. The Hall–Kier alpha value is -3.54. The van der Waals surface area contributed by atoms with Crippen LogP contribution in [0.15, 0.2) is 65.6 Å². The van der Waals surface area contributed by atoms with Gasteiger partial charge in [0.15, 0.2) is 0 Å². The standard InChI is InChI=1S/C35H39ClF3N3O4S/c1-23-9-7-10-26(19-23)47(44,45)42-22-25-21-40(34(5,6)32(43)46-33(2,3)4)17-18-41(25)30-16-14-24(20-31(30)42)13-15-27-28(35(37,38)39)11-8-12-29(27)36/h7-16,19-20,25H,17-18,21-22H2,1-6H3/b15-13+/t25-/m0/s1. The van der Waals surface area contributed by atoms with E-state index in [1.165, 1.54) is 28.6 Å². The zero-order chi connectivity index (χ0) is 34.5. The van der Waals surface area contributed by atoms with Gasteiger partial charge >= 0.3 is 12.1 Å². The van der Waals surface area contributed by atoms with Gasteiger partial charge in [-0.05, 0) is 89.1 Å². The third-order valence-electron chi connectivity index (χ3n) is 8.50. The molecule has 0 spiro atoms. The fourth-order valence-corrected chi connectivity index (χ4v) is 7.86. The zero-order valence-electron chi connectivity index (χ0n) is 27.2. The van der Waals surface area contributed by atoms with Crippen LogP contribution < -0.4 is 9.21 Å². The number of hydrogen-bond acceptors (Lipinski definition) is 6. The van der Waals surface area contributed by atoms with Crippen molar-refractivity contribution in [2.45, 2.75) is 69.8 Å². The van der Waals surface area contributed by atoms with Crippen LogP contribution in [0.1, 0.15) is 56.9 Å². The first-order valence-electron chi connectivity index (χ1n) is 15.3. The number of nitrogens with zero attached hydrogens (tertiary/aromatic N) is 3. The highest BCUT2D eigenvalue weighted by atomic mass is 35.5. The number of esters is 1. The Morgan fingerprint density at radius 3 is 2.28 bits per heavy atom. The maximum Gasteiger partial charge on any atom is 0.417 e. The van der Waals surface area contributed by atoms with Crippen LogP contribution in [-0.4, -0.2) is 62.6 Å². The molecule has 0 amide bonds. The summed E-state index contributed by atoms with van der Waals surface area (Å²) >= 11 is 6.17. The van der Waals surface area contributed by atoms with E-state index in [1.807, 2.05) is 52.5 Å². The molecule has 0 N–H and O–H groups in total. The van der Waals surface area contributed by atoms with Gasteiger partial charge in [-0.1, -0.05) is 48.0 Å². The second kappa shape index (κ2) is 12.5. The minimum absolute atomic E-state index is 0.0484. The van der Waals surface area contributed by atoms with E-state index in [-0.39, 0.29) is 34.0 Å². The van der Waals surface area contributed by atoms with Gasteiger partial charge in [-0.15, -0.1) is 0 Å². The fraction of sp³-hybridized carbons (Fsp3) is 0.400. The van der Waals surface area contributed by atoms with Crippen LogP contribution in [0.2, 0.25) is 5.02 Å². The lowest BCUT2D eigenvalue weighted by Crippen LogP contribution is -2.66. The maximum atomic E-state index is 14.3. The molecule has 252 valence electrons. The number of fused-ring (bicyclic) bond motifs is 3. The van der Waals surface area contributed by atoms with E-state index in [4.69, 9.17) is 16.3 Å². The molecule has 3 aromatic rings. The Morgan fingerprint density at radius 1 is 0.915 bits per heavy atom. The van der Waals surface area contributed by atoms with Crippen molar-refractivity contribution in [3.05, 3.63) is 87.9 Å². The molecule has 2 aliphatic rings. The molecular weight excluding hydrogens is 651 g/mol. The SMILES string of the molecule is Cc1cccc(S(=O)(=O)N2C[C@@H]3CN(C(C)(C)C(=O)OC(C)(C)C)CCN3c3ccc(/C=C/c4c(Cl)cccc4C(F)(F)F)cc32)c1. The highest BCUT2D eigenvalue weighted by Crippen LogP contribution is 2.42. The molecule has 1 saturated heterocycles. The molecule has 2 heterocycles. The van der Waals surface area contributed by atoms with Gasteiger partial charge in [0.25, 0.3) is 10.0 Å². The van der Waals surface area contributed by atoms with Gasteiger partial charge in [-0.3, -0.25) is 14.0 Å². The van der Waals surface area contributed by atoms with E-state index < -0.39 is 32.9 Å². The summed E-state index contributed by atoms with van der Waals surface area (Å²) in [6, 6.07) is 15.2. The Kier molecular flexibility index (Phi) is 9.24. The van der Waals surface area contributed by atoms with Gasteiger partial charge in [0.1, 0.15) is 11.1 Å². The Labute approximate surface area is 279 Å². The molecular formula is C35H39ClF3N3O4S. The van der Waals surface area contributed by atoms with E-state index >= 15 is 0 Å². The Bertz CT molecular complexity index is 1820. The van der Waals surface area contributed by atoms with Crippen molar-refractivity contribution >= 4 is 51.1 Å². The van der Waals surface area contributed by atoms with Crippen molar-refractivity contribution in [3.63, 3.8) is 0 Å². The monoisotopic (exact) mass is 689 g/mol. The summed E-state index contributed by atoms with van der Waals surface area (Å²) in [7, 11) is -4.06. The van der Waals surface area contributed by atoms with E-state index in [2.05, 4.69) is 4.90 Å². The number of hydrogen-bond donors (Lipinski definition) is 0. The van der Waals surface area contributed by atoms with E-state index in [0.29, 0.717) is 36.6 Å². The summed E-state index contributed by atoms with van der Waals surface area (Å²) < 4.78 is 76.8. The number of carbonyl (C=O) groups is 1. The lowest BCUT2D eigenvalue weighted by Gasteiger charge is -2.52. The van der Waals surface area contributed by atoms with Crippen LogP contribution in [0, 0.1) is 6.92 Å². The average Bonchev–Trinajstić information content (AvgIpc) is 2.98. The van der Waals surface area contributed by atoms with Crippen molar-refractivity contribution in [2.24, 2.45) is 0 Å². The third kappa shape index (κ3) is 7.17. The number of sulfonamides is 1. The molecule has 7 nitrogen and oxygen atoms in total. The van der Waals surface area contributed by atoms with E-state index in [9.17, 15) is 26.4 Å². The van der Waals surface area contributed by atoms with Crippen molar-refractivity contribution in [2.75, 3.05) is 35.4 Å². The molecule has 0 aliphatic carbocycles. The maximum absolute atomic E-state index is 14.3. The predicted molar refractivity (Wildman–Crippen MR) is 180 cm³/mol. The van der Waals surface area contributed by atoms with E-state index in [0.717, 1.165) is 11.6 Å². The summed E-state index contributed by atoms with van der Waals surface area (Å²) in [4.78, 5) is 17.5. The number of piperazine rings is 1. The third-order valence-corrected chi connectivity index (χ3v) is 10.6. The van der Waals surface area contributed by atoms with Gasteiger partial charge in [-0.25, -0.2) is 8.42 Å². The van der Waals surface area contributed by atoms with Gasteiger partial charge in [-0.2, -0.15) is 13.2 Å². The van der Waals surface area contributed by atoms with Gasteiger partial charge < -0.3 is 9.64 Å². The zero-order valence-corrected chi connectivity index (χ0v) is 28.8. The number of halogens is 4. The summed E-state index contributed by atoms with van der Waals surface area (Å²) in [6.45, 7) is 12.4. The molecule has 1 atom stereocenters. The van der Waals surface area contributed by atoms with Crippen molar-refractivity contribution < 1.29 is 31.1 Å². The number of rotatable bonds is 6. The summed E-state index contributed by atoms with van der Waals surface area (Å²) in [5, 5.41) is -0.0484. The number of alkyl halides is 3. The van der Waals surface area contributed by atoms with Crippen LogP contribution >= 0.6 is 11.6 Å². The first-order valence-corrected chi connectivity index (χ1v) is 17.1. The molecule has 0 unspecified atom stereocenters. The second-order valence-electron chi connectivity index (χ2n) is 13.5. The number of ether oxygens (including phenoxy) is 1. The first-order chi connectivity index (χ1) is 21.8. The van der Waals surface area contributed by atoms with Crippen LogP contribution in [0.3, 0.4) is 0 Å². The minimum atomic E-state index is -4.60. The second-order valence-corrected chi connectivity index (χ2v) is 15.8. The average molecular weight is 690 g/mol. The summed E-state index contributed by atoms with van der Waals surface area (Å²) in [6.07, 6.45) is -1.80. The first kappa shape index (κ1) is 34.8. The highest BCUT2D eigenvalue weighted by molar-refractivity contribution is 7.92. The summed E-state index contributed by atoms with van der Waals surface area (Å²) in [5.74, 6) is -0.359. The normalized spacial score (nSPS) is 17.9. The fourth-order valence-electron chi connectivity index (χ4n) is 6.01. The van der Waals surface area contributed by atoms with Crippen molar-refractivity contribution in [1.29, 1.82) is 0 Å². The largest absolute Gasteiger partial charge is 0.459 e. The van der Waals surface area contributed by atoms with Gasteiger partial charge in [0.05, 0.1) is 34.4 Å². The molecule has 2 aliphatic heterocycles. The Morgan fingerprint density at radius 2 is 1.62 bits per heavy atom. The van der Waals surface area contributed by atoms with Gasteiger partial charge in [0, 0.05) is 30.2 Å².